The molecule has 6 N–H and O–H groups in total. The zero-order valence-corrected chi connectivity index (χ0v) is 29.7. The maximum absolute atomic E-state index is 13.9. The number of rotatable bonds is 2. The van der Waals surface area contributed by atoms with Crippen molar-refractivity contribution >= 4 is 63.7 Å². The second kappa shape index (κ2) is 16.4. The number of phenols is 3. The van der Waals surface area contributed by atoms with Crippen molar-refractivity contribution in [2.45, 2.75) is 85.6 Å². The molecule has 3 heterocycles. The van der Waals surface area contributed by atoms with E-state index in [0.29, 0.717) is 0 Å². The van der Waals surface area contributed by atoms with Crippen LogP contribution in [0.5, 0.6) is 23.0 Å². The Kier molecular flexibility index (Phi) is 13.4. The standard InChI is InChI=1S/C37H47NO12.Na.H/c1-16-11-10-12-17(2)36(46)38-23-15-24(40)26-27(32(23)44)31(43)21(6)34-28(26)35(45)37(8,50-34)48-14-13-25(47-9)18(3)33(49-22(7)39)20(5)30(42)19(4)29(16)41;;/h10-16,18-20,25,29-30,33,40-44H,1-9H3,(H,38,46);;/b11-10-,14-13-,17-12-;;/t16-,18+,19+,20+,25-,29-,30+,33+,37-;;/m0../s1. The van der Waals surface area contributed by atoms with E-state index in [-0.39, 0.29) is 68.5 Å². The Morgan fingerprint density at radius 1 is 0.941 bits per heavy atom. The van der Waals surface area contributed by atoms with Crippen LogP contribution in [0.25, 0.3) is 10.8 Å². The van der Waals surface area contributed by atoms with Gasteiger partial charge in [-0.2, -0.15) is 0 Å². The van der Waals surface area contributed by atoms with Gasteiger partial charge in [0.1, 0.15) is 23.4 Å². The van der Waals surface area contributed by atoms with Crippen molar-refractivity contribution < 1.29 is 58.9 Å². The molecule has 0 spiro atoms. The van der Waals surface area contributed by atoms with Crippen molar-refractivity contribution in [3.05, 3.63) is 53.3 Å². The van der Waals surface area contributed by atoms with Gasteiger partial charge < -0.3 is 49.8 Å². The number of phenolic OH excluding ortho intramolecular Hbond substituents is 3. The van der Waals surface area contributed by atoms with Crippen molar-refractivity contribution in [3.8, 4) is 23.0 Å². The summed E-state index contributed by atoms with van der Waals surface area (Å²) < 4.78 is 23.2. The van der Waals surface area contributed by atoms with Crippen molar-refractivity contribution in [2.24, 2.45) is 23.7 Å². The predicted molar refractivity (Wildman–Crippen MR) is 191 cm³/mol. The third-order valence-electron chi connectivity index (χ3n) is 9.84. The summed E-state index contributed by atoms with van der Waals surface area (Å²) in [6.07, 6.45) is 3.62. The molecule has 9 atom stereocenters. The van der Waals surface area contributed by atoms with Gasteiger partial charge >= 0.3 is 41.3 Å². The number of nitrogens with one attached hydrogen (secondary N) is 1. The van der Waals surface area contributed by atoms with Gasteiger partial charge in [0.15, 0.2) is 5.75 Å². The van der Waals surface area contributed by atoms with E-state index in [4.69, 9.17) is 18.9 Å². The number of anilines is 1. The summed E-state index contributed by atoms with van der Waals surface area (Å²) in [6, 6.07) is 1.06. The number of fused-ring (bicyclic) bond motifs is 14. The number of methoxy groups -OCH3 is 1. The number of aromatic hydroxyl groups is 3. The molecule has 51 heavy (non-hydrogen) atoms. The van der Waals surface area contributed by atoms with E-state index in [9.17, 15) is 39.9 Å². The molecule has 0 saturated carbocycles. The number of carbonyl (C=O) groups excluding carboxylic acids is 3. The Labute approximate surface area is 319 Å². The fraction of sp³-hybridized carbons (Fsp3) is 0.486. The van der Waals surface area contributed by atoms with Gasteiger partial charge in [0.05, 0.1) is 41.2 Å². The van der Waals surface area contributed by atoms with Crippen LogP contribution in [0, 0.1) is 30.6 Å². The number of aliphatic hydroxyl groups is 2. The fourth-order valence-corrected chi connectivity index (χ4v) is 6.65. The fourth-order valence-electron chi connectivity index (χ4n) is 6.65. The first-order valence-corrected chi connectivity index (χ1v) is 16.4. The van der Waals surface area contributed by atoms with E-state index in [1.165, 1.54) is 53.2 Å². The van der Waals surface area contributed by atoms with Crippen LogP contribution in [0.15, 0.2) is 42.2 Å². The SMILES string of the molecule is CO[C@H]1/C=C\O[C@@]2(C)Oc3c(C)c(O)c4c(O)c(cc(O)c4c3C2=O)NC(=O)/C(C)=C\C=C/[C@H](C)[C@H](O)[C@@H](C)[C@@H](O)[C@@H](C)[C@H](OC(C)=O)[C@@H]1C.[NaH]. The van der Waals surface area contributed by atoms with E-state index in [1.807, 2.05) is 0 Å². The molecule has 3 aliphatic heterocycles. The Morgan fingerprint density at radius 3 is 2.20 bits per heavy atom. The second-order valence-corrected chi connectivity index (χ2v) is 13.4. The molecule has 3 aliphatic rings. The van der Waals surface area contributed by atoms with Gasteiger partial charge in [-0.15, -0.1) is 0 Å². The first kappa shape index (κ1) is 41.8. The summed E-state index contributed by atoms with van der Waals surface area (Å²) >= 11 is 0. The first-order valence-electron chi connectivity index (χ1n) is 16.4. The van der Waals surface area contributed by atoms with E-state index in [2.05, 4.69) is 5.32 Å². The summed E-state index contributed by atoms with van der Waals surface area (Å²) in [6.45, 7) is 12.5. The summed E-state index contributed by atoms with van der Waals surface area (Å²) in [5.41, 5.74) is -0.0929. The van der Waals surface area contributed by atoms with Gasteiger partial charge in [0, 0.05) is 67.2 Å². The van der Waals surface area contributed by atoms with Crippen molar-refractivity contribution in [1.29, 1.82) is 0 Å². The van der Waals surface area contributed by atoms with Gasteiger partial charge in [-0.3, -0.25) is 14.4 Å². The van der Waals surface area contributed by atoms with Crippen molar-refractivity contribution in [2.75, 3.05) is 12.4 Å². The van der Waals surface area contributed by atoms with Crippen LogP contribution in [0.3, 0.4) is 0 Å². The van der Waals surface area contributed by atoms with Crippen LogP contribution < -0.4 is 10.1 Å². The molecule has 5 rings (SSSR count). The molecule has 0 fully saturated rings. The summed E-state index contributed by atoms with van der Waals surface area (Å²) in [7, 11) is 1.43. The third-order valence-corrected chi connectivity index (χ3v) is 9.84. The van der Waals surface area contributed by atoms with Gasteiger partial charge in [0.25, 0.3) is 11.7 Å². The van der Waals surface area contributed by atoms with E-state index in [1.54, 1.807) is 39.8 Å². The van der Waals surface area contributed by atoms with Gasteiger partial charge in [-0.05, 0) is 19.9 Å². The van der Waals surface area contributed by atoms with Gasteiger partial charge in [0.2, 0.25) is 0 Å². The molecule has 0 aromatic heterocycles. The van der Waals surface area contributed by atoms with Crippen LogP contribution in [0.2, 0.25) is 0 Å². The number of ketones is 1. The van der Waals surface area contributed by atoms with Gasteiger partial charge in [-0.1, -0.05) is 45.9 Å². The molecule has 2 aromatic rings. The Morgan fingerprint density at radius 2 is 1.59 bits per heavy atom. The predicted octanol–water partition coefficient (Wildman–Crippen LogP) is 4.11. The first-order chi connectivity index (χ1) is 23.4. The van der Waals surface area contributed by atoms with E-state index in [0.717, 1.165) is 6.07 Å². The van der Waals surface area contributed by atoms with Crippen LogP contribution in [-0.2, 0) is 23.8 Å². The summed E-state index contributed by atoms with van der Waals surface area (Å²) in [5.74, 6) is -7.99. The third kappa shape index (κ3) is 8.08. The molecule has 5 bridgehead atoms. The number of esters is 1. The summed E-state index contributed by atoms with van der Waals surface area (Å²) in [5, 5.41) is 58.2. The molecule has 0 radical (unpaired) electrons. The Balaban J connectivity index is 0.00000702. The molecule has 13 nitrogen and oxygen atoms in total. The molecule has 0 aliphatic carbocycles. The normalized spacial score (nSPS) is 32.6. The Hall–Kier alpha value is -3.59. The summed E-state index contributed by atoms with van der Waals surface area (Å²) in [4.78, 5) is 39.2. The number of hydrogen-bond donors (Lipinski definition) is 6. The molecular weight excluding hydrogens is 673 g/mol. The maximum atomic E-state index is 13.9. The van der Waals surface area contributed by atoms with Gasteiger partial charge in [-0.25, -0.2) is 0 Å². The zero-order chi connectivity index (χ0) is 37.4. The number of aliphatic hydroxyl groups excluding tert-OH is 2. The molecule has 14 heteroatoms. The average molecular weight is 722 g/mol. The zero-order valence-electron chi connectivity index (χ0n) is 29.7. The number of benzene rings is 2. The average Bonchev–Trinajstić information content (AvgIpc) is 3.33. The molecule has 274 valence electrons. The van der Waals surface area contributed by atoms with Crippen molar-refractivity contribution in [1.82, 2.24) is 0 Å². The van der Waals surface area contributed by atoms with E-state index < -0.39 is 88.8 Å². The monoisotopic (exact) mass is 721 g/mol. The molecular formula is C37H48NNaO12. The number of allylic oxidation sites excluding steroid dienone is 2. The quantitative estimate of drug-likeness (QED) is 0.112. The van der Waals surface area contributed by atoms with Crippen LogP contribution in [0.4, 0.5) is 5.69 Å². The molecule has 2 aromatic carbocycles. The van der Waals surface area contributed by atoms with E-state index >= 15 is 0 Å². The number of hydrogen-bond acceptors (Lipinski definition) is 12. The Bertz CT molecular complexity index is 1770. The number of amides is 1. The molecule has 1 amide bonds. The molecule has 0 saturated heterocycles. The number of carbonyl (C=O) groups is 3. The minimum absolute atomic E-state index is 0. The number of Topliss-reactive ketones (excluding diaryl/α,β-unsaturated/α-hetero) is 1. The van der Waals surface area contributed by atoms with Crippen molar-refractivity contribution in [3.63, 3.8) is 0 Å². The minimum atomic E-state index is -1.98. The van der Waals surface area contributed by atoms with Crippen LogP contribution in [-0.4, -0.2) is 110 Å². The topological polar surface area (TPSA) is 201 Å². The second-order valence-electron chi connectivity index (χ2n) is 13.4. The van der Waals surface area contributed by atoms with Crippen LogP contribution in [0.1, 0.15) is 64.4 Å². The van der Waals surface area contributed by atoms with Crippen LogP contribution >= 0.6 is 0 Å². The number of ether oxygens (including phenoxy) is 4. The molecule has 0 unspecified atom stereocenters.